The fourth-order valence-electron chi connectivity index (χ4n) is 1.62. The smallest absolute Gasteiger partial charge is 0.156 e. The maximum absolute atomic E-state index is 9.89. The van der Waals surface area contributed by atoms with Crippen molar-refractivity contribution in [3.05, 3.63) is 28.2 Å². The van der Waals surface area contributed by atoms with Gasteiger partial charge in [-0.15, -0.1) is 0 Å². The predicted molar refractivity (Wildman–Crippen MR) is 81.7 cm³/mol. The molecule has 1 atom stereocenters. The number of aliphatic hydroxyl groups excluding tert-OH is 2. The predicted octanol–water partition coefficient (Wildman–Crippen LogP) is 2.48. The van der Waals surface area contributed by atoms with Gasteiger partial charge in [0.15, 0.2) is 5.75 Å². The van der Waals surface area contributed by atoms with E-state index in [2.05, 4.69) is 5.32 Å². The molecule has 0 spiro atoms. The molecular weight excluding hydrogens is 301 g/mol. The van der Waals surface area contributed by atoms with Gasteiger partial charge in [0.2, 0.25) is 0 Å². The summed E-state index contributed by atoms with van der Waals surface area (Å²) in [5, 5.41) is 22.8. The number of β-amino-alcohol motifs (C(OH)–C–C–N with tert-alkyl or cyclic N) is 1. The van der Waals surface area contributed by atoms with E-state index in [1.165, 1.54) is 0 Å². The van der Waals surface area contributed by atoms with Crippen LogP contribution in [-0.2, 0) is 0 Å². The van der Waals surface area contributed by atoms with E-state index in [4.69, 9.17) is 33.0 Å². The molecule has 0 saturated heterocycles. The molecule has 20 heavy (non-hydrogen) atoms. The van der Waals surface area contributed by atoms with E-state index < -0.39 is 6.10 Å². The first-order chi connectivity index (χ1) is 9.35. The van der Waals surface area contributed by atoms with Gasteiger partial charge in [-0.3, -0.25) is 0 Å². The highest BCUT2D eigenvalue weighted by Crippen LogP contribution is 2.32. The number of ether oxygens (including phenoxy) is 1. The van der Waals surface area contributed by atoms with Gasteiger partial charge >= 0.3 is 0 Å². The monoisotopic (exact) mass is 321 g/mol. The summed E-state index contributed by atoms with van der Waals surface area (Å²) in [6.45, 7) is 4.46. The van der Waals surface area contributed by atoms with E-state index in [1.54, 1.807) is 18.2 Å². The van der Waals surface area contributed by atoms with Gasteiger partial charge in [-0.1, -0.05) is 29.3 Å². The fraction of sp³-hybridized carbons (Fsp3) is 0.571. The van der Waals surface area contributed by atoms with Crippen molar-refractivity contribution >= 4 is 23.2 Å². The van der Waals surface area contributed by atoms with E-state index in [-0.39, 0.29) is 18.8 Å². The number of nitrogens with one attached hydrogen (secondary N) is 1. The number of benzene rings is 1. The molecule has 0 bridgehead atoms. The molecule has 6 heteroatoms. The molecule has 114 valence electrons. The molecular formula is C14H21Cl2NO3. The normalized spacial score (nSPS) is 13.3. The van der Waals surface area contributed by atoms with Crippen LogP contribution in [-0.4, -0.2) is 41.6 Å². The Bertz CT molecular complexity index is 407. The van der Waals surface area contributed by atoms with Crippen LogP contribution in [0.4, 0.5) is 0 Å². The highest BCUT2D eigenvalue weighted by atomic mass is 35.5. The van der Waals surface area contributed by atoms with Gasteiger partial charge in [0, 0.05) is 18.7 Å². The topological polar surface area (TPSA) is 61.7 Å². The Morgan fingerprint density at radius 1 is 1.30 bits per heavy atom. The van der Waals surface area contributed by atoms with Gasteiger partial charge in [0.1, 0.15) is 12.7 Å². The lowest BCUT2D eigenvalue weighted by molar-refractivity contribution is 0.0961. The van der Waals surface area contributed by atoms with Crippen LogP contribution in [0, 0.1) is 0 Å². The summed E-state index contributed by atoms with van der Waals surface area (Å²) in [4.78, 5) is 0. The SMILES string of the molecule is CC(C)(CCO)NCC(O)COc1c(Cl)cccc1Cl. The quantitative estimate of drug-likeness (QED) is 0.688. The third-order valence-corrected chi connectivity index (χ3v) is 3.49. The summed E-state index contributed by atoms with van der Waals surface area (Å²) in [7, 11) is 0. The van der Waals surface area contributed by atoms with E-state index in [1.807, 2.05) is 13.8 Å². The Labute approximate surface area is 129 Å². The molecule has 0 amide bonds. The molecule has 0 radical (unpaired) electrons. The fourth-order valence-corrected chi connectivity index (χ4v) is 2.13. The molecule has 0 aliphatic carbocycles. The van der Waals surface area contributed by atoms with Crippen LogP contribution >= 0.6 is 23.2 Å². The van der Waals surface area contributed by atoms with Gasteiger partial charge in [0.05, 0.1) is 10.0 Å². The lowest BCUT2D eigenvalue weighted by atomic mass is 10.0. The van der Waals surface area contributed by atoms with Gasteiger partial charge in [-0.05, 0) is 32.4 Å². The summed E-state index contributed by atoms with van der Waals surface area (Å²) in [5.74, 6) is 0.379. The van der Waals surface area contributed by atoms with E-state index in [9.17, 15) is 5.11 Å². The van der Waals surface area contributed by atoms with Crippen LogP contribution in [0.3, 0.4) is 0 Å². The van der Waals surface area contributed by atoms with E-state index in [0.717, 1.165) is 0 Å². The van der Waals surface area contributed by atoms with Gasteiger partial charge in [-0.2, -0.15) is 0 Å². The van der Waals surface area contributed by atoms with E-state index in [0.29, 0.717) is 28.8 Å². The van der Waals surface area contributed by atoms with Crippen LogP contribution in [0.5, 0.6) is 5.75 Å². The third-order valence-electron chi connectivity index (χ3n) is 2.89. The molecule has 0 aliphatic heterocycles. The van der Waals surface area contributed by atoms with Crippen LogP contribution in [0.15, 0.2) is 18.2 Å². The minimum absolute atomic E-state index is 0.0889. The molecule has 0 aromatic heterocycles. The van der Waals surface area contributed by atoms with Crippen LogP contribution in [0.2, 0.25) is 10.0 Å². The highest BCUT2D eigenvalue weighted by Gasteiger charge is 2.18. The Hall–Kier alpha value is -0.520. The first kappa shape index (κ1) is 17.5. The molecule has 3 N–H and O–H groups in total. The average Bonchev–Trinajstić information content (AvgIpc) is 2.36. The number of para-hydroxylation sites is 1. The number of halogens is 2. The molecule has 0 aliphatic rings. The summed E-state index contributed by atoms with van der Waals surface area (Å²) in [6, 6.07) is 5.09. The van der Waals surface area contributed by atoms with Crippen LogP contribution < -0.4 is 10.1 Å². The first-order valence-electron chi connectivity index (χ1n) is 6.46. The lowest BCUT2D eigenvalue weighted by Gasteiger charge is -2.27. The molecule has 0 fully saturated rings. The number of hydrogen-bond acceptors (Lipinski definition) is 4. The Kier molecular flexibility index (Phi) is 7.06. The first-order valence-corrected chi connectivity index (χ1v) is 7.22. The second-order valence-electron chi connectivity index (χ2n) is 5.25. The maximum Gasteiger partial charge on any atom is 0.156 e. The number of hydrogen-bond donors (Lipinski definition) is 3. The molecule has 0 saturated carbocycles. The van der Waals surface area contributed by atoms with Crippen molar-refractivity contribution in [3.8, 4) is 5.75 Å². The largest absolute Gasteiger partial charge is 0.488 e. The summed E-state index contributed by atoms with van der Waals surface area (Å²) >= 11 is 11.9. The Morgan fingerprint density at radius 3 is 2.45 bits per heavy atom. The van der Waals surface area contributed by atoms with Crippen molar-refractivity contribution < 1.29 is 14.9 Å². The molecule has 1 unspecified atom stereocenters. The highest BCUT2D eigenvalue weighted by molar-refractivity contribution is 6.37. The average molecular weight is 322 g/mol. The van der Waals surface area contributed by atoms with Crippen LogP contribution in [0.25, 0.3) is 0 Å². The van der Waals surface area contributed by atoms with Gasteiger partial charge < -0.3 is 20.3 Å². The Morgan fingerprint density at radius 2 is 1.90 bits per heavy atom. The van der Waals surface area contributed by atoms with Gasteiger partial charge in [0.25, 0.3) is 0 Å². The zero-order valence-electron chi connectivity index (χ0n) is 11.7. The van der Waals surface area contributed by atoms with Crippen molar-refractivity contribution in [1.29, 1.82) is 0 Å². The molecule has 1 aromatic rings. The van der Waals surface area contributed by atoms with Crippen molar-refractivity contribution in [2.75, 3.05) is 19.8 Å². The second kappa shape index (κ2) is 8.05. The molecule has 0 heterocycles. The van der Waals surface area contributed by atoms with Crippen LogP contribution in [0.1, 0.15) is 20.3 Å². The van der Waals surface area contributed by atoms with Crippen molar-refractivity contribution in [1.82, 2.24) is 5.32 Å². The van der Waals surface area contributed by atoms with Crippen molar-refractivity contribution in [3.63, 3.8) is 0 Å². The summed E-state index contributed by atoms with van der Waals surface area (Å²) < 4.78 is 5.45. The van der Waals surface area contributed by atoms with E-state index >= 15 is 0 Å². The van der Waals surface area contributed by atoms with Crippen molar-refractivity contribution in [2.24, 2.45) is 0 Å². The summed E-state index contributed by atoms with van der Waals surface area (Å²) in [6.07, 6.45) is -0.0861. The molecule has 4 nitrogen and oxygen atoms in total. The zero-order chi connectivity index (χ0) is 15.2. The molecule has 1 rings (SSSR count). The Balaban J connectivity index is 2.42. The second-order valence-corrected chi connectivity index (χ2v) is 6.07. The summed E-state index contributed by atoms with van der Waals surface area (Å²) in [5.41, 5.74) is -0.238. The van der Waals surface area contributed by atoms with Crippen molar-refractivity contribution in [2.45, 2.75) is 31.9 Å². The standard InChI is InChI=1S/C14H21Cl2NO3/c1-14(2,6-7-18)17-8-10(19)9-20-13-11(15)4-3-5-12(13)16/h3-5,10,17-19H,6-9H2,1-2H3. The third kappa shape index (κ3) is 5.85. The maximum atomic E-state index is 9.89. The molecule has 1 aromatic carbocycles. The lowest BCUT2D eigenvalue weighted by Crippen LogP contribution is -2.45. The number of rotatable bonds is 8. The number of aliphatic hydroxyl groups is 2. The minimum atomic E-state index is -0.694. The zero-order valence-corrected chi connectivity index (χ0v) is 13.2. The van der Waals surface area contributed by atoms with Gasteiger partial charge in [-0.25, -0.2) is 0 Å². The minimum Gasteiger partial charge on any atom is -0.488 e.